The molecule has 100 valence electrons. The lowest BCUT2D eigenvalue weighted by Crippen LogP contribution is -2.42. The van der Waals surface area contributed by atoms with Crippen molar-refractivity contribution in [3.63, 3.8) is 0 Å². The van der Waals surface area contributed by atoms with Crippen molar-refractivity contribution in [3.8, 4) is 0 Å². The van der Waals surface area contributed by atoms with Crippen molar-refractivity contribution >= 4 is 11.7 Å². The van der Waals surface area contributed by atoms with E-state index in [1.807, 2.05) is 34.6 Å². The lowest BCUT2D eigenvalue weighted by atomic mass is 9.80. The molecule has 0 saturated heterocycles. The average molecular weight is 242 g/mol. The van der Waals surface area contributed by atoms with E-state index in [1.165, 1.54) is 0 Å². The smallest absolute Gasteiger partial charge is 0.224 e. The van der Waals surface area contributed by atoms with Crippen LogP contribution < -0.4 is 11.1 Å². The van der Waals surface area contributed by atoms with Crippen LogP contribution in [0.2, 0.25) is 0 Å². The first-order chi connectivity index (χ1) is 7.70. The van der Waals surface area contributed by atoms with Crippen molar-refractivity contribution in [1.82, 2.24) is 5.32 Å². The van der Waals surface area contributed by atoms with E-state index in [0.29, 0.717) is 19.5 Å². The molecule has 0 aromatic carbocycles. The number of ketones is 1. The number of carbonyl (C=O) groups is 2. The van der Waals surface area contributed by atoms with Crippen LogP contribution in [-0.4, -0.2) is 24.8 Å². The Morgan fingerprint density at radius 3 is 2.12 bits per heavy atom. The van der Waals surface area contributed by atoms with Gasteiger partial charge in [0.2, 0.25) is 5.91 Å². The summed E-state index contributed by atoms with van der Waals surface area (Å²) in [6.45, 7) is 10.4. The molecule has 0 bridgehead atoms. The summed E-state index contributed by atoms with van der Waals surface area (Å²) in [6, 6.07) is 0. The monoisotopic (exact) mass is 242 g/mol. The fraction of sp³-hybridized carbons (Fsp3) is 0.846. The topological polar surface area (TPSA) is 72.2 Å². The number of amides is 1. The van der Waals surface area contributed by atoms with Crippen LogP contribution >= 0.6 is 0 Å². The highest BCUT2D eigenvalue weighted by Crippen LogP contribution is 2.24. The van der Waals surface area contributed by atoms with Crippen molar-refractivity contribution in [2.45, 2.75) is 41.0 Å². The van der Waals surface area contributed by atoms with E-state index in [-0.39, 0.29) is 28.9 Å². The van der Waals surface area contributed by atoms with E-state index in [0.717, 1.165) is 0 Å². The van der Waals surface area contributed by atoms with E-state index in [2.05, 4.69) is 5.32 Å². The van der Waals surface area contributed by atoms with Crippen molar-refractivity contribution in [1.29, 1.82) is 0 Å². The Morgan fingerprint density at radius 2 is 1.76 bits per heavy atom. The number of carbonyl (C=O) groups excluding carboxylic acids is 2. The van der Waals surface area contributed by atoms with Gasteiger partial charge in [-0.05, 0) is 5.41 Å². The first-order valence-electron chi connectivity index (χ1n) is 6.20. The quantitative estimate of drug-likeness (QED) is 0.738. The minimum atomic E-state index is -0.211. The number of nitrogens with one attached hydrogen (secondary N) is 1. The number of Topliss-reactive ketones (excluding diaryl/α,β-unsaturated/α-hetero) is 1. The first kappa shape index (κ1) is 16.1. The van der Waals surface area contributed by atoms with Gasteiger partial charge in [-0.25, -0.2) is 0 Å². The molecule has 3 N–H and O–H groups in total. The Balaban J connectivity index is 4.14. The molecule has 1 amide bonds. The third-order valence-electron chi connectivity index (χ3n) is 2.91. The summed E-state index contributed by atoms with van der Waals surface area (Å²) < 4.78 is 0. The molecule has 1 atom stereocenters. The molecule has 0 aliphatic heterocycles. The Hall–Kier alpha value is -0.900. The van der Waals surface area contributed by atoms with Crippen molar-refractivity contribution in [3.05, 3.63) is 0 Å². The minimum absolute atomic E-state index is 0.0276. The van der Waals surface area contributed by atoms with Gasteiger partial charge in [0, 0.05) is 25.4 Å². The molecule has 0 aliphatic rings. The van der Waals surface area contributed by atoms with Gasteiger partial charge >= 0.3 is 0 Å². The van der Waals surface area contributed by atoms with Gasteiger partial charge in [0.1, 0.15) is 5.78 Å². The largest absolute Gasteiger partial charge is 0.355 e. The minimum Gasteiger partial charge on any atom is -0.355 e. The molecule has 0 rings (SSSR count). The fourth-order valence-electron chi connectivity index (χ4n) is 1.57. The predicted molar refractivity (Wildman–Crippen MR) is 69.5 cm³/mol. The molecular formula is C13H26N2O2. The maximum absolute atomic E-state index is 11.9. The standard InChI is InChI=1S/C13H26N2O2/c1-9(2)11(16)6-7-15-12(17)10(8-14)13(3,4)5/h9-10H,6-8,14H2,1-5H3,(H,15,17)/t10-/m0/s1. The van der Waals surface area contributed by atoms with Gasteiger partial charge < -0.3 is 11.1 Å². The maximum atomic E-state index is 11.9. The predicted octanol–water partition coefficient (Wildman–Crippen LogP) is 1.34. The second-order valence-corrected chi connectivity index (χ2v) is 5.82. The molecule has 0 fully saturated rings. The van der Waals surface area contributed by atoms with E-state index in [4.69, 9.17) is 5.73 Å². The fourth-order valence-corrected chi connectivity index (χ4v) is 1.57. The van der Waals surface area contributed by atoms with Gasteiger partial charge in [-0.15, -0.1) is 0 Å². The second kappa shape index (κ2) is 6.74. The van der Waals surface area contributed by atoms with Gasteiger partial charge in [0.25, 0.3) is 0 Å². The van der Waals surface area contributed by atoms with Crippen LogP contribution in [0.25, 0.3) is 0 Å². The molecular weight excluding hydrogens is 216 g/mol. The van der Waals surface area contributed by atoms with Gasteiger partial charge in [-0.3, -0.25) is 9.59 Å². The zero-order valence-electron chi connectivity index (χ0n) is 11.7. The molecule has 0 saturated carbocycles. The summed E-state index contributed by atoms with van der Waals surface area (Å²) in [5.41, 5.74) is 5.46. The highest BCUT2D eigenvalue weighted by Gasteiger charge is 2.29. The van der Waals surface area contributed by atoms with Crippen LogP contribution in [0.4, 0.5) is 0 Å². The number of hydrogen-bond donors (Lipinski definition) is 2. The molecule has 0 aliphatic carbocycles. The van der Waals surface area contributed by atoms with Crippen LogP contribution in [0, 0.1) is 17.3 Å². The summed E-state index contributed by atoms with van der Waals surface area (Å²) in [5, 5.41) is 2.79. The molecule has 0 radical (unpaired) electrons. The Kier molecular flexibility index (Phi) is 6.39. The van der Waals surface area contributed by atoms with Gasteiger partial charge in [0.15, 0.2) is 0 Å². The summed E-state index contributed by atoms with van der Waals surface area (Å²) in [5.74, 6) is -0.0709. The summed E-state index contributed by atoms with van der Waals surface area (Å²) >= 11 is 0. The van der Waals surface area contributed by atoms with E-state index < -0.39 is 0 Å². The summed E-state index contributed by atoms with van der Waals surface area (Å²) in [6.07, 6.45) is 0.394. The molecule has 0 unspecified atom stereocenters. The number of rotatable bonds is 6. The van der Waals surface area contributed by atoms with Crippen molar-refractivity contribution in [2.75, 3.05) is 13.1 Å². The average Bonchev–Trinajstić information content (AvgIpc) is 2.15. The molecule has 0 spiro atoms. The normalized spacial score (nSPS) is 13.6. The van der Waals surface area contributed by atoms with Crippen LogP contribution in [0.5, 0.6) is 0 Å². The van der Waals surface area contributed by atoms with Crippen LogP contribution in [0.15, 0.2) is 0 Å². The highest BCUT2D eigenvalue weighted by molar-refractivity contribution is 5.82. The highest BCUT2D eigenvalue weighted by atomic mass is 16.2. The van der Waals surface area contributed by atoms with Crippen LogP contribution in [0.3, 0.4) is 0 Å². The van der Waals surface area contributed by atoms with Crippen LogP contribution in [-0.2, 0) is 9.59 Å². The summed E-state index contributed by atoms with van der Waals surface area (Å²) in [4.78, 5) is 23.3. The molecule has 4 heteroatoms. The zero-order chi connectivity index (χ0) is 13.6. The Labute approximate surface area is 104 Å². The Morgan fingerprint density at radius 1 is 1.24 bits per heavy atom. The SMILES string of the molecule is CC(C)C(=O)CCNC(=O)[C@H](CN)C(C)(C)C. The van der Waals surface area contributed by atoms with E-state index in [9.17, 15) is 9.59 Å². The maximum Gasteiger partial charge on any atom is 0.224 e. The zero-order valence-corrected chi connectivity index (χ0v) is 11.7. The molecule has 17 heavy (non-hydrogen) atoms. The lowest BCUT2D eigenvalue weighted by molar-refractivity contribution is -0.128. The summed E-state index contributed by atoms with van der Waals surface area (Å²) in [7, 11) is 0. The van der Waals surface area contributed by atoms with Crippen molar-refractivity contribution in [2.24, 2.45) is 23.0 Å². The molecule has 0 heterocycles. The number of hydrogen-bond acceptors (Lipinski definition) is 3. The number of nitrogens with two attached hydrogens (primary N) is 1. The van der Waals surface area contributed by atoms with E-state index in [1.54, 1.807) is 0 Å². The van der Waals surface area contributed by atoms with Gasteiger partial charge in [0.05, 0.1) is 5.92 Å². The Bertz CT molecular complexity index is 267. The molecule has 4 nitrogen and oxygen atoms in total. The van der Waals surface area contributed by atoms with Crippen molar-refractivity contribution < 1.29 is 9.59 Å². The third kappa shape index (κ3) is 5.82. The second-order valence-electron chi connectivity index (χ2n) is 5.82. The van der Waals surface area contributed by atoms with Gasteiger partial charge in [-0.1, -0.05) is 34.6 Å². The van der Waals surface area contributed by atoms with Gasteiger partial charge in [-0.2, -0.15) is 0 Å². The lowest BCUT2D eigenvalue weighted by Gasteiger charge is -2.28. The third-order valence-corrected chi connectivity index (χ3v) is 2.91. The van der Waals surface area contributed by atoms with E-state index >= 15 is 0 Å². The first-order valence-corrected chi connectivity index (χ1v) is 6.20. The van der Waals surface area contributed by atoms with Crippen LogP contribution in [0.1, 0.15) is 41.0 Å². The molecule has 0 aromatic heterocycles. The molecule has 0 aromatic rings.